The molecular weight excluding hydrogens is 140 g/mol. The van der Waals surface area contributed by atoms with Gasteiger partial charge in [-0.25, -0.2) is 0 Å². The molecule has 0 aromatic carbocycles. The van der Waals surface area contributed by atoms with Crippen molar-refractivity contribution < 1.29 is 9.84 Å². The molecule has 0 aromatic heterocycles. The lowest BCUT2D eigenvalue weighted by Crippen LogP contribution is -2.27. The first-order chi connectivity index (χ1) is 5.18. The van der Waals surface area contributed by atoms with Crippen molar-refractivity contribution in [2.24, 2.45) is 0 Å². The quantitative estimate of drug-likeness (QED) is 0.606. The molecule has 0 saturated heterocycles. The fraction of sp³-hybridized carbons (Fsp3) is 0.778. The van der Waals surface area contributed by atoms with E-state index in [-0.39, 0.29) is 6.61 Å². The fourth-order valence-corrected chi connectivity index (χ4v) is 0.934. The molecule has 64 valence electrons. The van der Waals surface area contributed by atoms with Crippen molar-refractivity contribution in [2.45, 2.75) is 32.3 Å². The minimum absolute atomic E-state index is 0.0288. The molecule has 2 heteroatoms. The van der Waals surface area contributed by atoms with Crippen molar-refractivity contribution in [3.8, 4) is 12.3 Å². The summed E-state index contributed by atoms with van der Waals surface area (Å²) in [5.41, 5.74) is -0.489. The van der Waals surface area contributed by atoms with E-state index in [0.717, 1.165) is 12.8 Å². The summed E-state index contributed by atoms with van der Waals surface area (Å²) < 4.78 is 5.28. The standard InChI is InChI=1S/C9H16O2/c1-4-6-9(3,5-2)11-8-7-10/h2,10H,4,6-8H2,1,3H3. The summed E-state index contributed by atoms with van der Waals surface area (Å²) >= 11 is 0. The van der Waals surface area contributed by atoms with Gasteiger partial charge in [-0.2, -0.15) is 0 Å². The Labute approximate surface area is 68.6 Å². The Hall–Kier alpha value is -0.520. The minimum Gasteiger partial charge on any atom is -0.394 e. The summed E-state index contributed by atoms with van der Waals surface area (Å²) in [4.78, 5) is 0. The molecule has 0 fully saturated rings. The predicted molar refractivity (Wildman–Crippen MR) is 45.2 cm³/mol. The first-order valence-electron chi connectivity index (χ1n) is 3.91. The number of hydrogen-bond donors (Lipinski definition) is 1. The van der Waals surface area contributed by atoms with Gasteiger partial charge in [-0.15, -0.1) is 6.42 Å². The van der Waals surface area contributed by atoms with E-state index < -0.39 is 5.60 Å². The molecule has 2 nitrogen and oxygen atoms in total. The number of ether oxygens (including phenoxy) is 1. The first-order valence-corrected chi connectivity index (χ1v) is 3.91. The molecule has 0 spiro atoms. The molecule has 0 rings (SSSR count). The van der Waals surface area contributed by atoms with Crippen molar-refractivity contribution in [1.82, 2.24) is 0 Å². The molecule has 1 N–H and O–H groups in total. The number of aliphatic hydroxyl groups excluding tert-OH is 1. The highest BCUT2D eigenvalue weighted by Gasteiger charge is 2.19. The van der Waals surface area contributed by atoms with E-state index >= 15 is 0 Å². The van der Waals surface area contributed by atoms with Gasteiger partial charge in [0, 0.05) is 0 Å². The van der Waals surface area contributed by atoms with Crippen LogP contribution in [0.1, 0.15) is 26.7 Å². The second kappa shape index (κ2) is 5.17. The van der Waals surface area contributed by atoms with Crippen LogP contribution in [0.2, 0.25) is 0 Å². The molecule has 1 unspecified atom stereocenters. The van der Waals surface area contributed by atoms with E-state index in [9.17, 15) is 0 Å². The van der Waals surface area contributed by atoms with E-state index in [1.54, 1.807) is 0 Å². The van der Waals surface area contributed by atoms with Crippen LogP contribution in [0, 0.1) is 12.3 Å². The highest BCUT2D eigenvalue weighted by atomic mass is 16.5. The van der Waals surface area contributed by atoms with Crippen LogP contribution in [0.4, 0.5) is 0 Å². The maximum atomic E-state index is 8.50. The van der Waals surface area contributed by atoms with Gasteiger partial charge in [0.25, 0.3) is 0 Å². The first kappa shape index (κ1) is 10.5. The lowest BCUT2D eigenvalue weighted by atomic mass is 10.0. The molecule has 0 heterocycles. The van der Waals surface area contributed by atoms with Crippen LogP contribution in [0.15, 0.2) is 0 Å². The lowest BCUT2D eigenvalue weighted by molar-refractivity contribution is -0.0113. The highest BCUT2D eigenvalue weighted by molar-refractivity contribution is 5.05. The van der Waals surface area contributed by atoms with Crippen LogP contribution in [-0.4, -0.2) is 23.9 Å². The average Bonchev–Trinajstić information content (AvgIpc) is 2.02. The van der Waals surface area contributed by atoms with Gasteiger partial charge < -0.3 is 9.84 Å². The fourth-order valence-electron chi connectivity index (χ4n) is 0.934. The largest absolute Gasteiger partial charge is 0.394 e. The van der Waals surface area contributed by atoms with Crippen LogP contribution >= 0.6 is 0 Å². The molecule has 0 saturated carbocycles. The van der Waals surface area contributed by atoms with Gasteiger partial charge in [0.2, 0.25) is 0 Å². The Kier molecular flexibility index (Phi) is 4.93. The molecule has 1 atom stereocenters. The second-order valence-electron chi connectivity index (χ2n) is 2.70. The lowest BCUT2D eigenvalue weighted by Gasteiger charge is -2.22. The zero-order valence-corrected chi connectivity index (χ0v) is 7.26. The van der Waals surface area contributed by atoms with Gasteiger partial charge in [-0.3, -0.25) is 0 Å². The van der Waals surface area contributed by atoms with Gasteiger partial charge in [0.15, 0.2) is 0 Å². The van der Waals surface area contributed by atoms with Crippen molar-refractivity contribution >= 4 is 0 Å². The number of aliphatic hydroxyl groups is 1. The minimum atomic E-state index is -0.489. The Morgan fingerprint density at radius 3 is 2.64 bits per heavy atom. The van der Waals surface area contributed by atoms with Gasteiger partial charge in [0.05, 0.1) is 13.2 Å². The van der Waals surface area contributed by atoms with Crippen LogP contribution in [0.25, 0.3) is 0 Å². The Bertz CT molecular complexity index is 137. The van der Waals surface area contributed by atoms with Gasteiger partial charge in [0.1, 0.15) is 5.60 Å². The normalized spacial score (nSPS) is 15.5. The van der Waals surface area contributed by atoms with E-state index in [0.29, 0.717) is 6.61 Å². The molecule has 0 aromatic rings. The summed E-state index contributed by atoms with van der Waals surface area (Å²) in [7, 11) is 0. The van der Waals surface area contributed by atoms with E-state index in [1.807, 2.05) is 6.92 Å². The molecule has 0 aliphatic heterocycles. The Morgan fingerprint density at radius 1 is 1.64 bits per heavy atom. The Morgan fingerprint density at radius 2 is 2.27 bits per heavy atom. The van der Waals surface area contributed by atoms with Crippen molar-refractivity contribution in [1.29, 1.82) is 0 Å². The number of rotatable bonds is 5. The molecule has 11 heavy (non-hydrogen) atoms. The predicted octanol–water partition coefficient (Wildman–Crippen LogP) is 1.19. The third kappa shape index (κ3) is 4.02. The third-order valence-corrected chi connectivity index (χ3v) is 1.54. The van der Waals surface area contributed by atoms with Crippen molar-refractivity contribution in [2.75, 3.05) is 13.2 Å². The molecule has 0 aliphatic carbocycles. The summed E-state index contributed by atoms with van der Waals surface area (Å²) in [6.45, 7) is 4.27. The Balaban J connectivity index is 3.81. The second-order valence-corrected chi connectivity index (χ2v) is 2.70. The molecular formula is C9H16O2. The van der Waals surface area contributed by atoms with Crippen LogP contribution in [-0.2, 0) is 4.74 Å². The van der Waals surface area contributed by atoms with E-state index in [2.05, 4.69) is 12.8 Å². The highest BCUT2D eigenvalue weighted by Crippen LogP contribution is 2.15. The van der Waals surface area contributed by atoms with E-state index in [1.165, 1.54) is 0 Å². The third-order valence-electron chi connectivity index (χ3n) is 1.54. The van der Waals surface area contributed by atoms with Crippen molar-refractivity contribution in [3.63, 3.8) is 0 Å². The topological polar surface area (TPSA) is 29.5 Å². The monoisotopic (exact) mass is 156 g/mol. The maximum Gasteiger partial charge on any atom is 0.125 e. The smallest absolute Gasteiger partial charge is 0.125 e. The maximum absolute atomic E-state index is 8.50. The van der Waals surface area contributed by atoms with Gasteiger partial charge in [-0.1, -0.05) is 19.3 Å². The van der Waals surface area contributed by atoms with E-state index in [4.69, 9.17) is 16.3 Å². The zero-order valence-electron chi connectivity index (χ0n) is 7.26. The summed E-state index contributed by atoms with van der Waals surface area (Å²) in [5, 5.41) is 8.50. The summed E-state index contributed by atoms with van der Waals surface area (Å²) in [6, 6.07) is 0. The van der Waals surface area contributed by atoms with Gasteiger partial charge >= 0.3 is 0 Å². The summed E-state index contributed by atoms with van der Waals surface area (Å²) in [6.07, 6.45) is 7.11. The number of hydrogen-bond acceptors (Lipinski definition) is 2. The van der Waals surface area contributed by atoms with Crippen LogP contribution in [0.5, 0.6) is 0 Å². The number of terminal acetylenes is 1. The van der Waals surface area contributed by atoms with Crippen molar-refractivity contribution in [3.05, 3.63) is 0 Å². The molecule has 0 bridgehead atoms. The summed E-state index contributed by atoms with van der Waals surface area (Å²) in [5.74, 6) is 2.58. The molecule has 0 radical (unpaired) electrons. The molecule has 0 amide bonds. The average molecular weight is 156 g/mol. The zero-order chi connectivity index (χ0) is 8.74. The SMILES string of the molecule is C#CC(C)(CCC)OCCO. The molecule has 0 aliphatic rings. The van der Waals surface area contributed by atoms with Crippen LogP contribution < -0.4 is 0 Å². The van der Waals surface area contributed by atoms with Crippen LogP contribution in [0.3, 0.4) is 0 Å². The van der Waals surface area contributed by atoms with Gasteiger partial charge in [-0.05, 0) is 13.3 Å².